The lowest BCUT2D eigenvalue weighted by Crippen LogP contribution is -2.43. The molecule has 1 unspecified atom stereocenters. The van der Waals surface area contributed by atoms with E-state index < -0.39 is 10.0 Å². The molecule has 1 rings (SSSR count). The Hall–Kier alpha value is 0.160. The standard InChI is InChI=1S/C12H26N2O2S.ClH/c1-12(2,3)10-17(15,16)14-8-4-5-11(9-14)6-7-13;/h11H,4-10,13H2,1-3H3;1H. The van der Waals surface area contributed by atoms with Gasteiger partial charge in [0, 0.05) is 13.1 Å². The zero-order valence-electron chi connectivity index (χ0n) is 11.7. The van der Waals surface area contributed by atoms with Crippen molar-refractivity contribution in [3.05, 3.63) is 0 Å². The topological polar surface area (TPSA) is 63.4 Å². The van der Waals surface area contributed by atoms with Crippen molar-refractivity contribution in [2.24, 2.45) is 17.1 Å². The Kier molecular flexibility index (Phi) is 7.14. The van der Waals surface area contributed by atoms with E-state index in [1.165, 1.54) is 0 Å². The number of halogens is 1. The fraction of sp³-hybridized carbons (Fsp3) is 1.00. The van der Waals surface area contributed by atoms with Crippen molar-refractivity contribution in [3.63, 3.8) is 0 Å². The number of nitrogens with zero attached hydrogens (tertiary/aromatic N) is 1. The SMILES string of the molecule is CC(C)(C)CS(=O)(=O)N1CCCC(CCN)C1.Cl. The maximum absolute atomic E-state index is 12.2. The summed E-state index contributed by atoms with van der Waals surface area (Å²) in [6.07, 6.45) is 3.01. The summed E-state index contributed by atoms with van der Waals surface area (Å²) in [5, 5.41) is 0. The number of nitrogens with two attached hydrogens (primary N) is 1. The monoisotopic (exact) mass is 298 g/mol. The Bertz CT molecular complexity index is 336. The van der Waals surface area contributed by atoms with Crippen LogP contribution in [-0.2, 0) is 10.0 Å². The highest BCUT2D eigenvalue weighted by Crippen LogP contribution is 2.25. The summed E-state index contributed by atoms with van der Waals surface area (Å²) < 4.78 is 26.2. The van der Waals surface area contributed by atoms with E-state index in [0.717, 1.165) is 19.3 Å². The molecule has 0 aromatic heterocycles. The molecule has 0 amide bonds. The van der Waals surface area contributed by atoms with Gasteiger partial charge < -0.3 is 5.73 Å². The minimum absolute atomic E-state index is 0. The predicted molar refractivity (Wildman–Crippen MR) is 78.5 cm³/mol. The first-order valence-corrected chi connectivity index (χ1v) is 8.03. The van der Waals surface area contributed by atoms with E-state index in [1.807, 2.05) is 20.8 Å². The average Bonchev–Trinajstić information content (AvgIpc) is 2.15. The molecule has 18 heavy (non-hydrogen) atoms. The second-order valence-corrected chi connectivity index (χ2v) is 8.23. The average molecular weight is 299 g/mol. The smallest absolute Gasteiger partial charge is 0.214 e. The van der Waals surface area contributed by atoms with Crippen LogP contribution >= 0.6 is 12.4 Å². The molecular formula is C12H27ClN2O2S. The Labute approximate surface area is 118 Å². The van der Waals surface area contributed by atoms with Crippen LogP contribution in [0, 0.1) is 11.3 Å². The lowest BCUT2D eigenvalue weighted by atomic mass is 9.96. The van der Waals surface area contributed by atoms with Crippen LogP contribution in [0.5, 0.6) is 0 Å². The molecule has 6 heteroatoms. The van der Waals surface area contributed by atoms with Gasteiger partial charge in [-0.15, -0.1) is 12.4 Å². The second kappa shape index (κ2) is 7.08. The van der Waals surface area contributed by atoms with E-state index in [-0.39, 0.29) is 23.6 Å². The van der Waals surface area contributed by atoms with Gasteiger partial charge in [0.15, 0.2) is 0 Å². The normalized spacial score (nSPS) is 22.6. The summed E-state index contributed by atoms with van der Waals surface area (Å²) in [4.78, 5) is 0. The van der Waals surface area contributed by atoms with Gasteiger partial charge in [0.05, 0.1) is 5.75 Å². The van der Waals surface area contributed by atoms with Gasteiger partial charge >= 0.3 is 0 Å². The van der Waals surface area contributed by atoms with Gasteiger partial charge in [-0.3, -0.25) is 0 Å². The first kappa shape index (κ1) is 18.2. The lowest BCUT2D eigenvalue weighted by molar-refractivity contribution is 0.255. The quantitative estimate of drug-likeness (QED) is 0.861. The fourth-order valence-corrected chi connectivity index (χ4v) is 4.51. The van der Waals surface area contributed by atoms with Crippen molar-refractivity contribution in [3.8, 4) is 0 Å². The highest BCUT2D eigenvalue weighted by atomic mass is 35.5. The van der Waals surface area contributed by atoms with Crippen molar-refractivity contribution in [1.82, 2.24) is 4.31 Å². The van der Waals surface area contributed by atoms with Gasteiger partial charge in [0.2, 0.25) is 10.0 Å². The van der Waals surface area contributed by atoms with Crippen LogP contribution in [0.1, 0.15) is 40.0 Å². The van der Waals surface area contributed by atoms with Crippen LogP contribution < -0.4 is 5.73 Å². The van der Waals surface area contributed by atoms with Crippen LogP contribution in [0.2, 0.25) is 0 Å². The minimum Gasteiger partial charge on any atom is -0.330 e. The Balaban J connectivity index is 0.00000289. The van der Waals surface area contributed by atoms with Gasteiger partial charge in [-0.1, -0.05) is 20.8 Å². The molecule has 1 heterocycles. The van der Waals surface area contributed by atoms with Gasteiger partial charge in [-0.25, -0.2) is 12.7 Å². The number of hydrogen-bond donors (Lipinski definition) is 1. The van der Waals surface area contributed by atoms with Gasteiger partial charge in [0.1, 0.15) is 0 Å². The second-order valence-electron chi connectivity index (χ2n) is 6.26. The predicted octanol–water partition coefficient (Wildman–Crippen LogP) is 1.84. The number of hydrogen-bond acceptors (Lipinski definition) is 3. The first-order chi connectivity index (χ1) is 7.74. The van der Waals surface area contributed by atoms with Crippen LogP contribution in [0.15, 0.2) is 0 Å². The minimum atomic E-state index is -3.10. The molecule has 0 radical (unpaired) electrons. The summed E-state index contributed by atoms with van der Waals surface area (Å²) >= 11 is 0. The molecule has 2 N–H and O–H groups in total. The van der Waals surface area contributed by atoms with Gasteiger partial charge in [-0.2, -0.15) is 0 Å². The zero-order valence-corrected chi connectivity index (χ0v) is 13.3. The Morgan fingerprint density at radius 2 is 1.94 bits per heavy atom. The molecule has 110 valence electrons. The van der Waals surface area contributed by atoms with Crippen molar-refractivity contribution < 1.29 is 8.42 Å². The molecular weight excluding hydrogens is 272 g/mol. The molecule has 1 atom stereocenters. The summed E-state index contributed by atoms with van der Waals surface area (Å²) in [7, 11) is -3.10. The van der Waals surface area contributed by atoms with Crippen LogP contribution in [0.25, 0.3) is 0 Å². The molecule has 1 saturated heterocycles. The lowest BCUT2D eigenvalue weighted by Gasteiger charge is -2.33. The molecule has 4 nitrogen and oxygen atoms in total. The third-order valence-corrected chi connectivity index (χ3v) is 5.41. The molecule has 1 aliphatic heterocycles. The summed E-state index contributed by atoms with van der Waals surface area (Å²) in [5.41, 5.74) is 5.37. The van der Waals surface area contributed by atoms with E-state index in [0.29, 0.717) is 25.6 Å². The number of rotatable bonds is 4. The maximum Gasteiger partial charge on any atom is 0.214 e. The molecule has 0 aliphatic carbocycles. The van der Waals surface area contributed by atoms with Gasteiger partial charge in [-0.05, 0) is 37.1 Å². The van der Waals surface area contributed by atoms with E-state index in [1.54, 1.807) is 4.31 Å². The number of piperidine rings is 1. The van der Waals surface area contributed by atoms with Crippen molar-refractivity contribution >= 4 is 22.4 Å². The largest absolute Gasteiger partial charge is 0.330 e. The summed E-state index contributed by atoms with van der Waals surface area (Å²) in [6, 6.07) is 0. The molecule has 1 fully saturated rings. The first-order valence-electron chi connectivity index (χ1n) is 6.42. The van der Waals surface area contributed by atoms with E-state index in [9.17, 15) is 8.42 Å². The third-order valence-electron chi connectivity index (χ3n) is 3.07. The molecule has 0 aromatic carbocycles. The highest BCUT2D eigenvalue weighted by Gasteiger charge is 2.31. The van der Waals surface area contributed by atoms with Crippen molar-refractivity contribution in [2.45, 2.75) is 40.0 Å². The van der Waals surface area contributed by atoms with E-state index in [2.05, 4.69) is 0 Å². The molecule has 0 aromatic rings. The van der Waals surface area contributed by atoms with Crippen molar-refractivity contribution in [2.75, 3.05) is 25.4 Å². The van der Waals surface area contributed by atoms with Crippen LogP contribution in [0.4, 0.5) is 0 Å². The third kappa shape index (κ3) is 5.87. The van der Waals surface area contributed by atoms with Crippen LogP contribution in [-0.4, -0.2) is 38.1 Å². The summed E-state index contributed by atoms with van der Waals surface area (Å²) in [5.74, 6) is 0.679. The Morgan fingerprint density at radius 1 is 1.33 bits per heavy atom. The van der Waals surface area contributed by atoms with Crippen LogP contribution in [0.3, 0.4) is 0 Å². The molecule has 0 bridgehead atoms. The number of sulfonamides is 1. The van der Waals surface area contributed by atoms with E-state index in [4.69, 9.17) is 5.73 Å². The zero-order chi connectivity index (χ0) is 13.1. The molecule has 0 saturated carbocycles. The van der Waals surface area contributed by atoms with Crippen molar-refractivity contribution in [1.29, 1.82) is 0 Å². The van der Waals surface area contributed by atoms with Gasteiger partial charge in [0.25, 0.3) is 0 Å². The maximum atomic E-state index is 12.2. The fourth-order valence-electron chi connectivity index (χ4n) is 2.39. The highest BCUT2D eigenvalue weighted by molar-refractivity contribution is 7.89. The Morgan fingerprint density at radius 3 is 2.44 bits per heavy atom. The van der Waals surface area contributed by atoms with E-state index >= 15 is 0 Å². The molecule has 0 spiro atoms. The summed E-state index contributed by atoms with van der Waals surface area (Å²) in [6.45, 7) is 7.89. The molecule has 1 aliphatic rings.